The van der Waals surface area contributed by atoms with Crippen molar-refractivity contribution in [3.63, 3.8) is 0 Å². The molecule has 2 aromatic heterocycles. The third kappa shape index (κ3) is 2.76. The van der Waals surface area contributed by atoms with Crippen LogP contribution in [0.25, 0.3) is 0 Å². The van der Waals surface area contributed by atoms with Gasteiger partial charge in [0.2, 0.25) is 0 Å². The van der Waals surface area contributed by atoms with Gasteiger partial charge in [-0.3, -0.25) is 9.48 Å². The number of pyridine rings is 1. The monoisotopic (exact) mass is 278 g/mol. The maximum Gasteiger partial charge on any atom is 0.254 e. The molecule has 5 nitrogen and oxygen atoms in total. The van der Waals surface area contributed by atoms with E-state index in [0.29, 0.717) is 5.56 Å². The molecule has 0 aliphatic carbocycles. The van der Waals surface area contributed by atoms with E-state index in [0.717, 1.165) is 11.3 Å². The topological polar surface area (TPSA) is 59.8 Å². The van der Waals surface area contributed by atoms with Crippen LogP contribution in [0, 0.1) is 6.92 Å². The van der Waals surface area contributed by atoms with Gasteiger partial charge in [0.15, 0.2) is 0 Å². The first kappa shape index (κ1) is 13.5. The SMILES string of the molecule is Cc1c(C(C)NC(=O)c2cccnc2Cl)cnn1C. The van der Waals surface area contributed by atoms with Gasteiger partial charge in [-0.25, -0.2) is 4.98 Å². The molecule has 0 aromatic carbocycles. The molecule has 2 rings (SSSR count). The Morgan fingerprint density at radius 3 is 2.84 bits per heavy atom. The fourth-order valence-electron chi connectivity index (χ4n) is 1.85. The molecule has 1 amide bonds. The fraction of sp³-hybridized carbons (Fsp3) is 0.308. The summed E-state index contributed by atoms with van der Waals surface area (Å²) in [7, 11) is 1.87. The van der Waals surface area contributed by atoms with E-state index in [2.05, 4.69) is 15.4 Å². The summed E-state index contributed by atoms with van der Waals surface area (Å²) in [4.78, 5) is 16.0. The highest BCUT2D eigenvalue weighted by molar-refractivity contribution is 6.32. The summed E-state index contributed by atoms with van der Waals surface area (Å²) >= 11 is 5.90. The van der Waals surface area contributed by atoms with Gasteiger partial charge in [0.05, 0.1) is 17.8 Å². The minimum Gasteiger partial charge on any atom is -0.345 e. The van der Waals surface area contributed by atoms with E-state index in [1.54, 1.807) is 29.2 Å². The molecule has 0 saturated heterocycles. The number of hydrogen-bond donors (Lipinski definition) is 1. The standard InChI is InChI=1S/C13H15ClN4O/c1-8(11-7-16-18(3)9(11)2)17-13(19)10-5-4-6-15-12(10)14/h4-8H,1-3H3,(H,17,19). The normalized spacial score (nSPS) is 12.2. The van der Waals surface area contributed by atoms with E-state index in [1.165, 1.54) is 0 Å². The first-order valence-corrected chi connectivity index (χ1v) is 6.28. The van der Waals surface area contributed by atoms with Gasteiger partial charge in [0, 0.05) is 24.5 Å². The zero-order chi connectivity index (χ0) is 14.0. The molecule has 2 aromatic rings. The second kappa shape index (κ2) is 5.40. The van der Waals surface area contributed by atoms with E-state index < -0.39 is 0 Å². The number of hydrogen-bond acceptors (Lipinski definition) is 3. The highest BCUT2D eigenvalue weighted by atomic mass is 35.5. The maximum atomic E-state index is 12.1. The average Bonchev–Trinajstić information content (AvgIpc) is 2.70. The predicted octanol–water partition coefficient (Wildman–Crippen LogP) is 2.27. The number of rotatable bonds is 3. The minimum absolute atomic E-state index is 0.141. The second-order valence-electron chi connectivity index (χ2n) is 4.35. The Hall–Kier alpha value is -1.88. The number of nitrogens with zero attached hydrogens (tertiary/aromatic N) is 3. The molecule has 1 atom stereocenters. The Morgan fingerprint density at radius 2 is 2.26 bits per heavy atom. The van der Waals surface area contributed by atoms with Crippen molar-refractivity contribution < 1.29 is 4.79 Å². The van der Waals surface area contributed by atoms with E-state index in [4.69, 9.17) is 11.6 Å². The lowest BCUT2D eigenvalue weighted by atomic mass is 10.1. The molecule has 0 radical (unpaired) electrons. The van der Waals surface area contributed by atoms with Gasteiger partial charge in [-0.2, -0.15) is 5.10 Å². The molecule has 1 N–H and O–H groups in total. The van der Waals surface area contributed by atoms with Gasteiger partial charge in [-0.15, -0.1) is 0 Å². The predicted molar refractivity (Wildman–Crippen MR) is 73.1 cm³/mol. The number of amides is 1. The van der Waals surface area contributed by atoms with Gasteiger partial charge in [0.1, 0.15) is 5.15 Å². The average molecular weight is 279 g/mol. The number of aromatic nitrogens is 3. The van der Waals surface area contributed by atoms with Crippen molar-refractivity contribution >= 4 is 17.5 Å². The van der Waals surface area contributed by atoms with E-state index in [-0.39, 0.29) is 17.1 Å². The Morgan fingerprint density at radius 1 is 1.53 bits per heavy atom. The van der Waals surface area contributed by atoms with E-state index in [1.807, 2.05) is 20.9 Å². The van der Waals surface area contributed by atoms with Crippen LogP contribution in [0.2, 0.25) is 5.15 Å². The molecule has 1 unspecified atom stereocenters. The molecule has 0 aliphatic heterocycles. The Bertz CT molecular complexity index is 608. The first-order chi connectivity index (χ1) is 9.00. The van der Waals surface area contributed by atoms with Gasteiger partial charge in [0.25, 0.3) is 5.91 Å². The van der Waals surface area contributed by atoms with Crippen molar-refractivity contribution in [2.24, 2.45) is 7.05 Å². The molecule has 2 heterocycles. The van der Waals surface area contributed by atoms with Gasteiger partial charge >= 0.3 is 0 Å². The van der Waals surface area contributed by atoms with Crippen LogP contribution in [0.15, 0.2) is 24.5 Å². The molecule has 19 heavy (non-hydrogen) atoms. The molecule has 0 saturated carbocycles. The summed E-state index contributed by atoms with van der Waals surface area (Å²) in [5.41, 5.74) is 2.37. The van der Waals surface area contributed by atoms with Crippen molar-refractivity contribution in [3.05, 3.63) is 46.5 Å². The summed E-state index contributed by atoms with van der Waals surface area (Å²) in [6, 6.07) is 3.19. The van der Waals surface area contributed by atoms with Crippen molar-refractivity contribution in [1.29, 1.82) is 0 Å². The zero-order valence-electron chi connectivity index (χ0n) is 11.0. The van der Waals surface area contributed by atoms with E-state index in [9.17, 15) is 4.79 Å². The Kier molecular flexibility index (Phi) is 3.85. The number of nitrogens with one attached hydrogen (secondary N) is 1. The maximum absolute atomic E-state index is 12.1. The largest absolute Gasteiger partial charge is 0.345 e. The molecule has 0 bridgehead atoms. The molecule has 0 aliphatic rings. The minimum atomic E-state index is -0.242. The van der Waals surface area contributed by atoms with Crippen LogP contribution in [0.5, 0.6) is 0 Å². The number of carbonyl (C=O) groups is 1. The lowest BCUT2D eigenvalue weighted by Gasteiger charge is -2.14. The Balaban J connectivity index is 2.16. The van der Waals surface area contributed by atoms with Crippen LogP contribution in [0.3, 0.4) is 0 Å². The third-order valence-electron chi connectivity index (χ3n) is 3.09. The van der Waals surface area contributed by atoms with Crippen molar-refractivity contribution in [3.8, 4) is 0 Å². The van der Waals surface area contributed by atoms with Crippen LogP contribution >= 0.6 is 11.6 Å². The van der Waals surface area contributed by atoms with E-state index >= 15 is 0 Å². The summed E-state index contributed by atoms with van der Waals surface area (Å²) in [5, 5.41) is 7.26. The lowest BCUT2D eigenvalue weighted by Crippen LogP contribution is -2.27. The Labute approximate surface area is 116 Å². The first-order valence-electron chi connectivity index (χ1n) is 5.90. The summed E-state index contributed by atoms with van der Waals surface area (Å²) in [5.74, 6) is -0.242. The smallest absolute Gasteiger partial charge is 0.254 e. The zero-order valence-corrected chi connectivity index (χ0v) is 11.8. The fourth-order valence-corrected chi connectivity index (χ4v) is 2.05. The number of carbonyl (C=O) groups excluding carboxylic acids is 1. The molecule has 6 heteroatoms. The van der Waals surface area contributed by atoms with Crippen LogP contribution in [0.4, 0.5) is 0 Å². The van der Waals surface area contributed by atoms with Gasteiger partial charge in [-0.1, -0.05) is 11.6 Å². The highest BCUT2D eigenvalue weighted by Crippen LogP contribution is 2.18. The lowest BCUT2D eigenvalue weighted by molar-refractivity contribution is 0.0939. The summed E-state index contributed by atoms with van der Waals surface area (Å²) in [6.45, 7) is 3.87. The molecule has 0 spiro atoms. The summed E-state index contributed by atoms with van der Waals surface area (Å²) in [6.07, 6.45) is 3.30. The van der Waals surface area contributed by atoms with Crippen molar-refractivity contribution in [2.75, 3.05) is 0 Å². The molecular weight excluding hydrogens is 264 g/mol. The number of aryl methyl sites for hydroxylation is 1. The van der Waals surface area contributed by atoms with Crippen LogP contribution in [0.1, 0.15) is 34.6 Å². The van der Waals surface area contributed by atoms with Gasteiger partial charge < -0.3 is 5.32 Å². The van der Waals surface area contributed by atoms with Crippen molar-refractivity contribution in [2.45, 2.75) is 19.9 Å². The third-order valence-corrected chi connectivity index (χ3v) is 3.39. The number of halogens is 1. The summed E-state index contributed by atoms with van der Waals surface area (Å²) < 4.78 is 1.77. The van der Waals surface area contributed by atoms with Crippen LogP contribution in [-0.4, -0.2) is 20.7 Å². The van der Waals surface area contributed by atoms with Crippen molar-refractivity contribution in [1.82, 2.24) is 20.1 Å². The second-order valence-corrected chi connectivity index (χ2v) is 4.70. The molecule has 100 valence electrons. The van der Waals surface area contributed by atoms with Gasteiger partial charge in [-0.05, 0) is 26.0 Å². The van der Waals surface area contributed by atoms with Crippen LogP contribution < -0.4 is 5.32 Å². The van der Waals surface area contributed by atoms with Crippen LogP contribution in [-0.2, 0) is 7.05 Å². The molecule has 0 fully saturated rings. The molecular formula is C13H15ClN4O. The highest BCUT2D eigenvalue weighted by Gasteiger charge is 2.17. The quantitative estimate of drug-likeness (QED) is 0.876.